The highest BCUT2D eigenvalue weighted by Crippen LogP contribution is 2.27. The van der Waals surface area contributed by atoms with Crippen molar-refractivity contribution in [2.24, 2.45) is 0 Å². The van der Waals surface area contributed by atoms with Crippen LogP contribution < -0.4 is 5.32 Å². The molecule has 0 aliphatic carbocycles. The lowest BCUT2D eigenvalue weighted by atomic mass is 10.0. The van der Waals surface area contributed by atoms with Gasteiger partial charge in [0.15, 0.2) is 0 Å². The van der Waals surface area contributed by atoms with Gasteiger partial charge in [0.25, 0.3) is 5.16 Å². The molecule has 3 N–H and O–H groups in total. The number of hydrogen-bond acceptors (Lipinski definition) is 5. The predicted octanol–water partition coefficient (Wildman–Crippen LogP) is 5.85. The Morgan fingerprint density at radius 2 is 1.53 bits per heavy atom. The predicted molar refractivity (Wildman–Crippen MR) is 147 cm³/mol. The maximum absolute atomic E-state index is 11.5. The first-order chi connectivity index (χ1) is 18.2. The minimum atomic E-state index is -4.33. The molecule has 0 aliphatic rings. The van der Waals surface area contributed by atoms with E-state index >= 15 is 0 Å². The third kappa shape index (κ3) is 11.4. The third-order valence-corrected chi connectivity index (χ3v) is 6.64. The summed E-state index contributed by atoms with van der Waals surface area (Å²) in [4.78, 5) is 28.2. The number of aromatic amines is 1. The van der Waals surface area contributed by atoms with E-state index in [4.69, 9.17) is 4.55 Å². The van der Waals surface area contributed by atoms with Crippen molar-refractivity contribution < 1.29 is 27.7 Å². The minimum Gasteiger partial charge on any atom is -0.356 e. The quantitative estimate of drug-likeness (QED) is 0.161. The van der Waals surface area contributed by atoms with Gasteiger partial charge in [0.1, 0.15) is 0 Å². The first-order valence-corrected chi connectivity index (χ1v) is 14.6. The second-order valence-electron chi connectivity index (χ2n) is 9.13. The van der Waals surface area contributed by atoms with Crippen LogP contribution in [-0.2, 0) is 24.8 Å². The summed E-state index contributed by atoms with van der Waals surface area (Å²) in [5, 5.41) is 12.6. The molecule has 0 spiro atoms. The van der Waals surface area contributed by atoms with Gasteiger partial charge in [-0.2, -0.15) is 8.42 Å². The number of hydrogen-bond donors (Lipinski definition) is 3. The Morgan fingerprint density at radius 1 is 0.868 bits per heavy atom. The van der Waals surface area contributed by atoms with Crippen molar-refractivity contribution in [1.29, 1.82) is 0 Å². The molecule has 38 heavy (non-hydrogen) atoms. The van der Waals surface area contributed by atoms with Gasteiger partial charge in [-0.15, -0.1) is 0 Å². The fraction of sp³-hybridized carbons (Fsp3) is 0.464. The average molecular weight is 545 g/mol. The van der Waals surface area contributed by atoms with Crippen LogP contribution in [0.3, 0.4) is 0 Å². The van der Waals surface area contributed by atoms with Gasteiger partial charge in [-0.1, -0.05) is 87.9 Å². The molecule has 0 aliphatic heterocycles. The molecule has 3 aromatic rings. The summed E-state index contributed by atoms with van der Waals surface area (Å²) >= 11 is 0. The lowest BCUT2D eigenvalue weighted by Gasteiger charge is -2.04. The van der Waals surface area contributed by atoms with Gasteiger partial charge in [-0.05, 0) is 30.9 Å². The third-order valence-electron chi connectivity index (χ3n) is 5.96. The topological polar surface area (TPSA) is 149 Å². The van der Waals surface area contributed by atoms with Gasteiger partial charge in [0, 0.05) is 18.5 Å². The summed E-state index contributed by atoms with van der Waals surface area (Å²) in [6.45, 7) is 2.85. The van der Waals surface area contributed by atoms with Crippen LogP contribution in [-0.4, -0.2) is 41.4 Å². The smallest absolute Gasteiger partial charge is 0.355 e. The average Bonchev–Trinajstić information content (AvgIpc) is 3.34. The Bertz CT molecular complexity index is 1240. The van der Waals surface area contributed by atoms with Crippen molar-refractivity contribution in [1.82, 2.24) is 15.3 Å². The summed E-state index contributed by atoms with van der Waals surface area (Å²) in [5.74, 6) is -0.873. The first-order valence-electron chi connectivity index (χ1n) is 13.2. The Hall–Kier alpha value is -3.24. The largest absolute Gasteiger partial charge is 0.356 e. The van der Waals surface area contributed by atoms with E-state index in [9.17, 15) is 23.1 Å². The van der Waals surface area contributed by atoms with Crippen molar-refractivity contribution in [3.8, 4) is 11.1 Å². The number of fused-ring (bicyclic) bond motifs is 1. The fourth-order valence-corrected chi connectivity index (χ4v) is 4.39. The molecule has 1 heterocycles. The van der Waals surface area contributed by atoms with E-state index < -0.39 is 21.2 Å². The number of carbonyl (C=O) groups is 2. The standard InChI is InChI=1S/C15H28NO3.C13H10N2O3S/c1-2-3-4-5-6-8-11-14(17)16-13-10-7-9-12-15(18)19;16-19(17,18)13-14-11-8-4-7-10(12(11)15-13)9-5-2-1-3-6-9/h2-13H2,1H3,(H,16,17);1-8H,(H,14,15)(H,16,17,18). The van der Waals surface area contributed by atoms with E-state index in [1.807, 2.05) is 36.4 Å². The number of nitrogens with zero attached hydrogens (tertiary/aromatic N) is 1. The minimum absolute atomic E-state index is 0.117. The summed E-state index contributed by atoms with van der Waals surface area (Å²) in [5.41, 5.74) is 2.86. The molecule has 2 aromatic carbocycles. The van der Waals surface area contributed by atoms with Crippen LogP contribution in [0, 0.1) is 0 Å². The molecule has 0 bridgehead atoms. The number of nitrogens with one attached hydrogen (secondary N) is 2. The molecule has 0 atom stereocenters. The van der Waals surface area contributed by atoms with Crippen molar-refractivity contribution >= 4 is 33.0 Å². The Labute approximate surface area is 224 Å². The zero-order valence-electron chi connectivity index (χ0n) is 21.9. The van der Waals surface area contributed by atoms with E-state index in [1.54, 1.807) is 12.1 Å². The highest BCUT2D eigenvalue weighted by atomic mass is 32.2. The van der Waals surface area contributed by atoms with Gasteiger partial charge in [0.05, 0.1) is 17.5 Å². The van der Waals surface area contributed by atoms with Gasteiger partial charge >= 0.3 is 16.1 Å². The number of H-pyrrole nitrogens is 1. The molecule has 3 rings (SSSR count). The molecule has 0 fully saturated rings. The molecule has 0 saturated carbocycles. The Morgan fingerprint density at radius 3 is 2.21 bits per heavy atom. The number of aromatic nitrogens is 2. The number of para-hydroxylation sites is 1. The zero-order chi connectivity index (χ0) is 27.8. The van der Waals surface area contributed by atoms with Crippen molar-refractivity contribution in [3.05, 3.63) is 48.5 Å². The monoisotopic (exact) mass is 544 g/mol. The molecule has 1 aromatic heterocycles. The fourth-order valence-electron chi connectivity index (χ4n) is 3.94. The summed E-state index contributed by atoms with van der Waals surface area (Å²) in [6, 6.07) is 14.9. The maximum Gasteiger partial charge on any atom is 0.355 e. The van der Waals surface area contributed by atoms with Crippen LogP contribution in [0.2, 0.25) is 0 Å². The van der Waals surface area contributed by atoms with Crippen LogP contribution in [0.5, 0.6) is 0 Å². The lowest BCUT2D eigenvalue weighted by molar-refractivity contribution is -0.143. The molecule has 0 unspecified atom stereocenters. The van der Waals surface area contributed by atoms with E-state index in [-0.39, 0.29) is 12.3 Å². The molecule has 1 amide bonds. The van der Waals surface area contributed by atoms with Gasteiger partial charge in [-0.3, -0.25) is 9.35 Å². The highest BCUT2D eigenvalue weighted by molar-refractivity contribution is 7.85. The Balaban J connectivity index is 0.000000267. The number of carbonyl (C=O) groups excluding carboxylic acids is 2. The molecular weight excluding hydrogens is 506 g/mol. The molecular formula is C28H38N3O6S. The summed E-state index contributed by atoms with van der Waals surface area (Å²) < 4.78 is 31.3. The number of unbranched alkanes of at least 4 members (excludes halogenated alkanes) is 7. The van der Waals surface area contributed by atoms with Gasteiger partial charge in [0.2, 0.25) is 5.91 Å². The molecule has 10 heteroatoms. The lowest BCUT2D eigenvalue weighted by Crippen LogP contribution is -2.23. The highest BCUT2D eigenvalue weighted by Gasteiger charge is 2.17. The molecule has 9 nitrogen and oxygen atoms in total. The van der Waals surface area contributed by atoms with E-state index in [0.29, 0.717) is 30.4 Å². The van der Waals surface area contributed by atoms with E-state index in [1.165, 1.54) is 25.7 Å². The number of benzene rings is 2. The summed E-state index contributed by atoms with van der Waals surface area (Å²) in [6.07, 6.45) is 10.2. The SMILES string of the molecule is CCCCCCCCC(=O)NCCCCCC([O])=O.O=S(=O)(O)c1nc2cccc(-c3ccccc3)c2[nH]1. The zero-order valence-corrected chi connectivity index (χ0v) is 22.8. The molecule has 0 saturated heterocycles. The second kappa shape index (κ2) is 16.6. The van der Waals surface area contributed by atoms with Crippen LogP contribution in [0.15, 0.2) is 53.7 Å². The van der Waals surface area contributed by atoms with Gasteiger partial charge in [-0.25, -0.2) is 14.9 Å². The van der Waals surface area contributed by atoms with Crippen molar-refractivity contribution in [3.63, 3.8) is 0 Å². The van der Waals surface area contributed by atoms with Crippen LogP contribution >= 0.6 is 0 Å². The number of amides is 1. The van der Waals surface area contributed by atoms with Crippen molar-refractivity contribution in [2.75, 3.05) is 6.54 Å². The second-order valence-corrected chi connectivity index (χ2v) is 10.5. The first kappa shape index (κ1) is 31.0. The maximum atomic E-state index is 11.5. The van der Waals surface area contributed by atoms with Crippen LogP contribution in [0.25, 0.3) is 22.2 Å². The van der Waals surface area contributed by atoms with E-state index in [0.717, 1.165) is 36.8 Å². The Kier molecular flexibility index (Phi) is 13.5. The van der Waals surface area contributed by atoms with Crippen LogP contribution in [0.4, 0.5) is 0 Å². The normalized spacial score (nSPS) is 11.1. The number of imidazole rings is 1. The van der Waals surface area contributed by atoms with Gasteiger partial charge < -0.3 is 10.3 Å². The van der Waals surface area contributed by atoms with E-state index in [2.05, 4.69) is 22.2 Å². The number of rotatable bonds is 15. The summed E-state index contributed by atoms with van der Waals surface area (Å²) in [7, 11) is -4.33. The molecule has 207 valence electrons. The van der Waals surface area contributed by atoms with Crippen molar-refractivity contribution in [2.45, 2.75) is 82.7 Å². The molecule has 1 radical (unpaired) electrons. The van der Waals surface area contributed by atoms with Crippen LogP contribution in [0.1, 0.15) is 77.6 Å².